The fraction of sp³-hybridized carbons (Fsp3) is 0.462. The van der Waals surface area contributed by atoms with Crippen molar-refractivity contribution < 1.29 is 18.0 Å². The van der Waals surface area contributed by atoms with Crippen molar-refractivity contribution in [1.29, 1.82) is 0 Å². The van der Waals surface area contributed by atoms with E-state index >= 15 is 0 Å². The molecule has 0 heterocycles. The van der Waals surface area contributed by atoms with Gasteiger partial charge in [-0.05, 0) is 55.5 Å². The van der Waals surface area contributed by atoms with Crippen LogP contribution >= 0.6 is 23.2 Å². The third-order valence-corrected chi connectivity index (χ3v) is 7.74. The maximum atomic E-state index is 13.7. The molecule has 0 fully saturated rings. The Morgan fingerprint density at radius 1 is 1.03 bits per heavy atom. The van der Waals surface area contributed by atoms with Gasteiger partial charge in [-0.25, -0.2) is 8.42 Å². The summed E-state index contributed by atoms with van der Waals surface area (Å²) in [4.78, 5) is 28.1. The van der Waals surface area contributed by atoms with Crippen LogP contribution in [-0.2, 0) is 26.2 Å². The third-order valence-electron chi connectivity index (χ3n) is 6.03. The summed E-state index contributed by atoms with van der Waals surface area (Å²) >= 11 is 12.4. The number of carbonyl (C=O) groups excluding carboxylic acids is 2. The number of para-hydroxylation sites is 1. The minimum absolute atomic E-state index is 0.00730. The number of nitrogens with zero attached hydrogens (tertiary/aromatic N) is 2. The number of hydrogen-bond acceptors (Lipinski definition) is 4. The predicted molar refractivity (Wildman–Crippen MR) is 147 cm³/mol. The first-order valence-corrected chi connectivity index (χ1v) is 14.5. The first kappa shape index (κ1) is 29.9. The zero-order valence-corrected chi connectivity index (χ0v) is 23.9. The van der Waals surface area contributed by atoms with Gasteiger partial charge < -0.3 is 10.2 Å². The summed E-state index contributed by atoms with van der Waals surface area (Å²) in [6.45, 7) is 8.89. The fourth-order valence-corrected chi connectivity index (χ4v) is 5.02. The van der Waals surface area contributed by atoms with Crippen LogP contribution in [0.3, 0.4) is 0 Å². The Morgan fingerprint density at radius 2 is 1.67 bits per heavy atom. The molecule has 10 heteroatoms. The number of rotatable bonds is 11. The Kier molecular flexibility index (Phi) is 10.6. The average Bonchev–Trinajstić information content (AvgIpc) is 2.80. The van der Waals surface area contributed by atoms with Gasteiger partial charge >= 0.3 is 0 Å². The van der Waals surface area contributed by atoms with Crippen LogP contribution in [0, 0.1) is 0 Å². The van der Waals surface area contributed by atoms with Gasteiger partial charge in [0.05, 0.1) is 11.9 Å². The first-order chi connectivity index (χ1) is 16.8. The number of benzene rings is 2. The lowest BCUT2D eigenvalue weighted by Gasteiger charge is -2.33. The normalized spacial score (nSPS) is 13.2. The molecule has 2 amide bonds. The van der Waals surface area contributed by atoms with Gasteiger partial charge in [0.25, 0.3) is 0 Å². The molecule has 0 radical (unpaired) electrons. The van der Waals surface area contributed by atoms with Crippen LogP contribution in [0.2, 0.25) is 10.0 Å². The van der Waals surface area contributed by atoms with E-state index in [4.69, 9.17) is 23.2 Å². The minimum Gasteiger partial charge on any atom is -0.352 e. The van der Waals surface area contributed by atoms with Crippen molar-refractivity contribution in [3.63, 3.8) is 0 Å². The highest BCUT2D eigenvalue weighted by Gasteiger charge is 2.31. The van der Waals surface area contributed by atoms with Gasteiger partial charge in [0.1, 0.15) is 12.6 Å². The molecule has 2 aromatic rings. The minimum atomic E-state index is -3.82. The van der Waals surface area contributed by atoms with Gasteiger partial charge in [-0.3, -0.25) is 13.9 Å². The number of anilines is 1. The highest BCUT2D eigenvalue weighted by atomic mass is 35.5. The smallest absolute Gasteiger partial charge is 0.244 e. The van der Waals surface area contributed by atoms with Gasteiger partial charge in [0.15, 0.2) is 0 Å². The molecule has 2 aromatic carbocycles. The summed E-state index contributed by atoms with van der Waals surface area (Å²) in [6, 6.07) is 11.0. The number of amides is 2. The Morgan fingerprint density at radius 3 is 2.22 bits per heavy atom. The van der Waals surface area contributed by atoms with Gasteiger partial charge in [0, 0.05) is 22.6 Å². The SMILES string of the molecule is CC[C@H](C)NC(=O)[C@H](C)N(Cc1ccc(Cl)cc1Cl)C(=O)CN(c1ccccc1C(C)C)S(C)(=O)=O. The van der Waals surface area contributed by atoms with E-state index in [2.05, 4.69) is 5.32 Å². The number of nitrogens with one attached hydrogen (secondary N) is 1. The lowest BCUT2D eigenvalue weighted by Crippen LogP contribution is -2.52. The van der Waals surface area contributed by atoms with Gasteiger partial charge in [-0.15, -0.1) is 0 Å². The second-order valence-electron chi connectivity index (χ2n) is 9.23. The van der Waals surface area contributed by atoms with Crippen molar-refractivity contribution in [1.82, 2.24) is 10.2 Å². The molecule has 1 N–H and O–H groups in total. The molecular formula is C26H35Cl2N3O4S. The van der Waals surface area contributed by atoms with E-state index in [0.29, 0.717) is 21.3 Å². The molecule has 0 spiro atoms. The number of hydrogen-bond donors (Lipinski definition) is 1. The zero-order chi connectivity index (χ0) is 27.2. The fourth-order valence-electron chi connectivity index (χ4n) is 3.68. The van der Waals surface area contributed by atoms with E-state index in [1.165, 1.54) is 4.90 Å². The lowest BCUT2D eigenvalue weighted by molar-refractivity contribution is -0.139. The Hall–Kier alpha value is -2.29. The maximum Gasteiger partial charge on any atom is 0.244 e. The van der Waals surface area contributed by atoms with Crippen molar-refractivity contribution in [3.05, 3.63) is 63.6 Å². The lowest BCUT2D eigenvalue weighted by atomic mass is 10.0. The zero-order valence-electron chi connectivity index (χ0n) is 21.6. The van der Waals surface area contributed by atoms with Crippen LogP contribution in [0.5, 0.6) is 0 Å². The largest absolute Gasteiger partial charge is 0.352 e. The molecule has 0 aliphatic heterocycles. The van der Waals surface area contributed by atoms with Crippen LogP contribution in [0.1, 0.15) is 58.1 Å². The molecule has 0 saturated heterocycles. The molecule has 0 unspecified atom stereocenters. The summed E-state index contributed by atoms with van der Waals surface area (Å²) in [5, 5.41) is 3.68. The molecule has 0 aliphatic rings. The van der Waals surface area contributed by atoms with Gasteiger partial charge in [-0.2, -0.15) is 0 Å². The summed E-state index contributed by atoms with van der Waals surface area (Å²) in [5.74, 6) is -0.835. The van der Waals surface area contributed by atoms with Crippen molar-refractivity contribution in [2.75, 3.05) is 17.1 Å². The summed E-state index contributed by atoms with van der Waals surface area (Å²) < 4.78 is 26.8. The second kappa shape index (κ2) is 12.8. The molecule has 0 aromatic heterocycles. The molecule has 7 nitrogen and oxygen atoms in total. The molecule has 2 atom stereocenters. The number of sulfonamides is 1. The van der Waals surface area contributed by atoms with E-state index in [1.54, 1.807) is 37.3 Å². The standard InChI is InChI=1S/C26H35Cl2N3O4S/c1-7-18(4)29-26(33)19(5)30(15-20-12-13-21(27)14-23(20)28)25(32)16-31(36(6,34)35)24-11-9-8-10-22(24)17(2)3/h8-14,17-19H,7,15-16H2,1-6H3,(H,29,33)/t18-,19-/m0/s1. The Balaban J connectivity index is 2.49. The van der Waals surface area contributed by atoms with Crippen LogP contribution in [-0.4, -0.2) is 50.0 Å². The molecule has 0 saturated carbocycles. The van der Waals surface area contributed by atoms with E-state index in [-0.39, 0.29) is 24.4 Å². The maximum absolute atomic E-state index is 13.7. The topological polar surface area (TPSA) is 86.8 Å². The highest BCUT2D eigenvalue weighted by molar-refractivity contribution is 7.92. The summed E-state index contributed by atoms with van der Waals surface area (Å²) in [6.07, 6.45) is 1.79. The third kappa shape index (κ3) is 7.85. The Labute approximate surface area is 224 Å². The Bertz CT molecular complexity index is 1190. The predicted octanol–water partition coefficient (Wildman–Crippen LogP) is 5.21. The van der Waals surface area contributed by atoms with E-state index in [0.717, 1.165) is 22.5 Å². The second-order valence-corrected chi connectivity index (χ2v) is 12.0. The monoisotopic (exact) mass is 555 g/mol. The van der Waals surface area contributed by atoms with Crippen molar-refractivity contribution >= 4 is 50.7 Å². The van der Waals surface area contributed by atoms with Crippen LogP contribution in [0.4, 0.5) is 5.69 Å². The molecular weight excluding hydrogens is 521 g/mol. The first-order valence-electron chi connectivity index (χ1n) is 11.9. The van der Waals surface area contributed by atoms with E-state index in [1.807, 2.05) is 39.8 Å². The van der Waals surface area contributed by atoms with Gasteiger partial charge in [-0.1, -0.05) is 68.2 Å². The average molecular weight is 557 g/mol. The summed E-state index contributed by atoms with van der Waals surface area (Å²) in [7, 11) is -3.82. The van der Waals surface area contributed by atoms with Crippen molar-refractivity contribution in [3.8, 4) is 0 Å². The highest BCUT2D eigenvalue weighted by Crippen LogP contribution is 2.29. The number of halogens is 2. The molecule has 0 aliphatic carbocycles. The van der Waals surface area contributed by atoms with Gasteiger partial charge in [0.2, 0.25) is 21.8 Å². The molecule has 36 heavy (non-hydrogen) atoms. The van der Waals surface area contributed by atoms with E-state index < -0.39 is 28.5 Å². The quantitative estimate of drug-likeness (QED) is 0.412. The molecule has 198 valence electrons. The van der Waals surface area contributed by atoms with Crippen molar-refractivity contribution in [2.45, 2.75) is 65.6 Å². The van der Waals surface area contributed by atoms with Crippen molar-refractivity contribution in [2.24, 2.45) is 0 Å². The molecule has 2 rings (SSSR count). The van der Waals surface area contributed by atoms with Crippen LogP contribution in [0.25, 0.3) is 0 Å². The van der Waals surface area contributed by atoms with Crippen LogP contribution in [0.15, 0.2) is 42.5 Å². The van der Waals surface area contributed by atoms with Crippen LogP contribution < -0.4 is 9.62 Å². The molecule has 0 bridgehead atoms. The number of carbonyl (C=O) groups is 2. The van der Waals surface area contributed by atoms with E-state index in [9.17, 15) is 18.0 Å². The summed E-state index contributed by atoms with van der Waals surface area (Å²) in [5.41, 5.74) is 1.82.